The van der Waals surface area contributed by atoms with Gasteiger partial charge < -0.3 is 9.80 Å². The smallest absolute Gasteiger partial charge is 0.246 e. The van der Waals surface area contributed by atoms with Gasteiger partial charge in [0.05, 0.1) is 0 Å². The standard InChI is InChI=1S/C12H22N2O/c1-11(2)13(3)8-6-7-12(15)14-9-4-5-10-14/h6-7,11H,4-5,8-10H2,1-3H3/b7-6+. The molecule has 0 aromatic heterocycles. The molecule has 0 aromatic rings. The maximum atomic E-state index is 11.6. The van der Waals surface area contributed by atoms with Crippen molar-refractivity contribution < 1.29 is 4.79 Å². The van der Waals surface area contributed by atoms with E-state index >= 15 is 0 Å². The number of likely N-dealkylation sites (N-methyl/N-ethyl adjacent to an activating group) is 1. The second-order valence-corrected chi connectivity index (χ2v) is 4.47. The largest absolute Gasteiger partial charge is 0.339 e. The Balaban J connectivity index is 2.27. The van der Waals surface area contributed by atoms with Crippen LogP contribution < -0.4 is 0 Å². The van der Waals surface area contributed by atoms with E-state index in [-0.39, 0.29) is 5.91 Å². The van der Waals surface area contributed by atoms with Crippen molar-refractivity contribution in [3.05, 3.63) is 12.2 Å². The summed E-state index contributed by atoms with van der Waals surface area (Å²) >= 11 is 0. The van der Waals surface area contributed by atoms with E-state index in [1.807, 2.05) is 11.0 Å². The summed E-state index contributed by atoms with van der Waals surface area (Å²) in [4.78, 5) is 15.7. The Morgan fingerprint density at radius 3 is 2.53 bits per heavy atom. The van der Waals surface area contributed by atoms with E-state index in [1.54, 1.807) is 6.08 Å². The molecule has 1 heterocycles. The monoisotopic (exact) mass is 210 g/mol. The third kappa shape index (κ3) is 4.04. The minimum atomic E-state index is 0.171. The molecule has 0 aliphatic carbocycles. The first-order valence-electron chi connectivity index (χ1n) is 5.77. The van der Waals surface area contributed by atoms with E-state index in [1.165, 1.54) is 0 Å². The zero-order chi connectivity index (χ0) is 11.3. The van der Waals surface area contributed by atoms with Gasteiger partial charge >= 0.3 is 0 Å². The normalized spacial score (nSPS) is 17.3. The number of hydrogen-bond acceptors (Lipinski definition) is 2. The molecular weight excluding hydrogens is 188 g/mol. The van der Waals surface area contributed by atoms with Crippen molar-refractivity contribution in [2.45, 2.75) is 32.7 Å². The van der Waals surface area contributed by atoms with Gasteiger partial charge in [0.25, 0.3) is 0 Å². The lowest BCUT2D eigenvalue weighted by Crippen LogP contribution is -2.28. The van der Waals surface area contributed by atoms with Crippen LogP contribution in [0.3, 0.4) is 0 Å². The number of hydrogen-bond donors (Lipinski definition) is 0. The lowest BCUT2D eigenvalue weighted by Gasteiger charge is -2.18. The molecule has 1 saturated heterocycles. The van der Waals surface area contributed by atoms with Crippen LogP contribution in [0.4, 0.5) is 0 Å². The Bertz CT molecular complexity index is 230. The molecule has 0 atom stereocenters. The van der Waals surface area contributed by atoms with Crippen LogP contribution in [-0.2, 0) is 4.79 Å². The summed E-state index contributed by atoms with van der Waals surface area (Å²) in [5, 5.41) is 0. The summed E-state index contributed by atoms with van der Waals surface area (Å²) in [6, 6.07) is 0.525. The van der Waals surface area contributed by atoms with E-state index in [4.69, 9.17) is 0 Å². The molecule has 0 N–H and O–H groups in total. The van der Waals surface area contributed by atoms with Crippen LogP contribution in [-0.4, -0.2) is 48.4 Å². The Kier molecular flexibility index (Phi) is 4.82. The van der Waals surface area contributed by atoms with Gasteiger partial charge in [0.1, 0.15) is 0 Å². The Morgan fingerprint density at radius 1 is 1.40 bits per heavy atom. The SMILES string of the molecule is CC(C)N(C)C/C=C/C(=O)N1CCCC1. The molecule has 0 unspecified atom stereocenters. The Morgan fingerprint density at radius 2 is 2.00 bits per heavy atom. The van der Waals surface area contributed by atoms with Crippen LogP contribution in [0.15, 0.2) is 12.2 Å². The maximum Gasteiger partial charge on any atom is 0.246 e. The molecule has 1 aliphatic rings. The fraction of sp³-hybridized carbons (Fsp3) is 0.750. The highest BCUT2D eigenvalue weighted by atomic mass is 16.2. The molecule has 0 bridgehead atoms. The predicted molar refractivity (Wildman–Crippen MR) is 62.7 cm³/mol. The highest BCUT2D eigenvalue weighted by Gasteiger charge is 2.14. The van der Waals surface area contributed by atoms with Crippen molar-refractivity contribution in [2.24, 2.45) is 0 Å². The Hall–Kier alpha value is -0.830. The molecule has 3 nitrogen and oxygen atoms in total. The maximum absolute atomic E-state index is 11.6. The molecule has 15 heavy (non-hydrogen) atoms. The number of carbonyl (C=O) groups excluding carboxylic acids is 1. The van der Waals surface area contributed by atoms with Crippen LogP contribution in [0.25, 0.3) is 0 Å². The van der Waals surface area contributed by atoms with Crippen molar-refractivity contribution in [1.82, 2.24) is 9.80 Å². The van der Waals surface area contributed by atoms with Gasteiger partial charge in [0, 0.05) is 31.8 Å². The summed E-state index contributed by atoms with van der Waals surface area (Å²) in [6.45, 7) is 7.01. The van der Waals surface area contributed by atoms with Gasteiger partial charge in [-0.25, -0.2) is 0 Å². The third-order valence-electron chi connectivity index (χ3n) is 2.95. The zero-order valence-electron chi connectivity index (χ0n) is 10.1. The summed E-state index contributed by atoms with van der Waals surface area (Å²) < 4.78 is 0. The van der Waals surface area contributed by atoms with Crippen molar-refractivity contribution in [3.8, 4) is 0 Å². The third-order valence-corrected chi connectivity index (χ3v) is 2.95. The number of amides is 1. The van der Waals surface area contributed by atoms with Crippen LogP contribution in [0.5, 0.6) is 0 Å². The number of carbonyl (C=O) groups is 1. The number of likely N-dealkylation sites (tertiary alicyclic amines) is 1. The van der Waals surface area contributed by atoms with Gasteiger partial charge in [-0.3, -0.25) is 4.79 Å². The molecule has 3 heteroatoms. The fourth-order valence-electron chi connectivity index (χ4n) is 1.57. The summed E-state index contributed by atoms with van der Waals surface area (Å²) in [6.07, 6.45) is 5.99. The second-order valence-electron chi connectivity index (χ2n) is 4.47. The highest BCUT2D eigenvalue weighted by Crippen LogP contribution is 2.07. The van der Waals surface area contributed by atoms with Crippen molar-refractivity contribution in [3.63, 3.8) is 0 Å². The van der Waals surface area contributed by atoms with E-state index in [0.717, 1.165) is 32.5 Å². The van der Waals surface area contributed by atoms with Gasteiger partial charge in [-0.1, -0.05) is 6.08 Å². The molecule has 1 amide bonds. The topological polar surface area (TPSA) is 23.6 Å². The second kappa shape index (κ2) is 5.91. The quantitative estimate of drug-likeness (QED) is 0.657. The molecule has 0 saturated carbocycles. The van der Waals surface area contributed by atoms with Crippen LogP contribution in [0.1, 0.15) is 26.7 Å². The molecule has 86 valence electrons. The lowest BCUT2D eigenvalue weighted by molar-refractivity contribution is -0.125. The highest BCUT2D eigenvalue weighted by molar-refractivity contribution is 5.87. The van der Waals surface area contributed by atoms with E-state index in [0.29, 0.717) is 6.04 Å². The molecule has 1 rings (SSSR count). The molecule has 0 spiro atoms. The molecule has 1 fully saturated rings. The van der Waals surface area contributed by atoms with E-state index < -0.39 is 0 Å². The summed E-state index contributed by atoms with van der Waals surface area (Å²) in [5.41, 5.74) is 0. The van der Waals surface area contributed by atoms with Gasteiger partial charge in [-0.2, -0.15) is 0 Å². The van der Waals surface area contributed by atoms with Gasteiger partial charge in [0.2, 0.25) is 5.91 Å². The zero-order valence-corrected chi connectivity index (χ0v) is 10.1. The number of rotatable bonds is 4. The first-order valence-corrected chi connectivity index (χ1v) is 5.77. The van der Waals surface area contributed by atoms with Crippen molar-refractivity contribution in [1.29, 1.82) is 0 Å². The Labute approximate surface area is 92.7 Å². The van der Waals surface area contributed by atoms with Crippen LogP contribution in [0.2, 0.25) is 0 Å². The fourth-order valence-corrected chi connectivity index (χ4v) is 1.57. The minimum absolute atomic E-state index is 0.171. The van der Waals surface area contributed by atoms with Gasteiger partial charge in [-0.15, -0.1) is 0 Å². The first kappa shape index (κ1) is 12.2. The predicted octanol–water partition coefficient (Wildman–Crippen LogP) is 1.51. The van der Waals surface area contributed by atoms with Gasteiger partial charge in [-0.05, 0) is 33.7 Å². The van der Waals surface area contributed by atoms with E-state index in [9.17, 15) is 4.79 Å². The summed E-state index contributed by atoms with van der Waals surface area (Å²) in [5.74, 6) is 0.171. The summed E-state index contributed by atoms with van der Waals surface area (Å²) in [7, 11) is 2.06. The van der Waals surface area contributed by atoms with Crippen LogP contribution >= 0.6 is 0 Å². The van der Waals surface area contributed by atoms with Crippen molar-refractivity contribution in [2.75, 3.05) is 26.7 Å². The average molecular weight is 210 g/mol. The molecule has 0 aromatic carbocycles. The van der Waals surface area contributed by atoms with Gasteiger partial charge in [0.15, 0.2) is 0 Å². The first-order chi connectivity index (χ1) is 7.11. The molecular formula is C12H22N2O. The molecule has 0 radical (unpaired) electrons. The van der Waals surface area contributed by atoms with E-state index in [2.05, 4.69) is 25.8 Å². The minimum Gasteiger partial charge on any atom is -0.339 e. The van der Waals surface area contributed by atoms with Crippen LogP contribution in [0, 0.1) is 0 Å². The number of nitrogens with zero attached hydrogens (tertiary/aromatic N) is 2. The molecule has 1 aliphatic heterocycles. The lowest BCUT2D eigenvalue weighted by atomic mass is 10.3. The van der Waals surface area contributed by atoms with Crippen molar-refractivity contribution >= 4 is 5.91 Å². The average Bonchev–Trinajstić information content (AvgIpc) is 2.70.